The standard InChI is InChI=1S/C23H28N2O4/c1-28-19-12-13-21(29-2)20(15-19)25-23(27)17-9-7-8-16(14-17)22(26)24-18-10-5-3-4-6-11-18/h7-9,12-15,18H,3-6,10-11H2,1-2H3,(H,24,26)(H,25,27). The van der Waals surface area contributed by atoms with Crippen molar-refractivity contribution in [1.29, 1.82) is 0 Å². The molecule has 1 saturated carbocycles. The zero-order chi connectivity index (χ0) is 20.6. The van der Waals surface area contributed by atoms with Crippen LogP contribution in [0.15, 0.2) is 42.5 Å². The number of ether oxygens (including phenoxy) is 2. The Kier molecular flexibility index (Phi) is 7.11. The second-order valence-corrected chi connectivity index (χ2v) is 7.26. The summed E-state index contributed by atoms with van der Waals surface area (Å²) in [5.74, 6) is 0.685. The van der Waals surface area contributed by atoms with Crippen molar-refractivity contribution in [2.24, 2.45) is 0 Å². The summed E-state index contributed by atoms with van der Waals surface area (Å²) in [7, 11) is 3.10. The molecule has 0 atom stereocenters. The van der Waals surface area contributed by atoms with Crippen LogP contribution in [0, 0.1) is 0 Å². The Hall–Kier alpha value is -3.02. The van der Waals surface area contributed by atoms with Crippen LogP contribution >= 0.6 is 0 Å². The average Bonchev–Trinajstić information content (AvgIpc) is 3.02. The number of carbonyl (C=O) groups is 2. The van der Waals surface area contributed by atoms with Crippen LogP contribution in [0.3, 0.4) is 0 Å². The van der Waals surface area contributed by atoms with Gasteiger partial charge in [0.2, 0.25) is 0 Å². The fourth-order valence-electron chi connectivity index (χ4n) is 3.60. The first-order chi connectivity index (χ1) is 14.1. The largest absolute Gasteiger partial charge is 0.497 e. The van der Waals surface area contributed by atoms with E-state index in [1.165, 1.54) is 20.0 Å². The summed E-state index contributed by atoms with van der Waals surface area (Å²) in [4.78, 5) is 25.4. The lowest BCUT2D eigenvalue weighted by Gasteiger charge is -2.16. The second-order valence-electron chi connectivity index (χ2n) is 7.26. The Balaban J connectivity index is 1.71. The van der Waals surface area contributed by atoms with Crippen molar-refractivity contribution in [3.63, 3.8) is 0 Å². The van der Waals surface area contributed by atoms with Gasteiger partial charge in [-0.1, -0.05) is 31.7 Å². The number of amides is 2. The smallest absolute Gasteiger partial charge is 0.255 e. The number of benzene rings is 2. The van der Waals surface area contributed by atoms with Crippen LogP contribution in [0.1, 0.15) is 59.2 Å². The van der Waals surface area contributed by atoms with Crippen molar-refractivity contribution >= 4 is 17.5 Å². The first kappa shape index (κ1) is 20.7. The molecule has 2 N–H and O–H groups in total. The van der Waals surface area contributed by atoms with Crippen molar-refractivity contribution in [3.8, 4) is 11.5 Å². The van der Waals surface area contributed by atoms with Gasteiger partial charge < -0.3 is 20.1 Å². The van der Waals surface area contributed by atoms with Crippen molar-refractivity contribution in [1.82, 2.24) is 5.32 Å². The third-order valence-corrected chi connectivity index (χ3v) is 5.23. The third kappa shape index (κ3) is 5.50. The van der Waals surface area contributed by atoms with Crippen LogP contribution in [0.25, 0.3) is 0 Å². The SMILES string of the molecule is COc1ccc(OC)c(NC(=O)c2cccc(C(=O)NC3CCCCCC3)c2)c1. The number of rotatable bonds is 6. The summed E-state index contributed by atoms with van der Waals surface area (Å²) in [5.41, 5.74) is 1.40. The molecule has 6 heteroatoms. The lowest BCUT2D eigenvalue weighted by Crippen LogP contribution is -2.34. The fourth-order valence-corrected chi connectivity index (χ4v) is 3.60. The van der Waals surface area contributed by atoms with Gasteiger partial charge in [0, 0.05) is 23.2 Å². The molecule has 154 valence electrons. The number of hydrogen-bond donors (Lipinski definition) is 2. The van der Waals surface area contributed by atoms with Gasteiger partial charge in [0.15, 0.2) is 0 Å². The molecule has 29 heavy (non-hydrogen) atoms. The molecule has 0 heterocycles. The van der Waals surface area contributed by atoms with Crippen LogP contribution in [0.4, 0.5) is 5.69 Å². The van der Waals surface area contributed by atoms with E-state index in [1.807, 2.05) is 0 Å². The summed E-state index contributed by atoms with van der Waals surface area (Å²) < 4.78 is 10.5. The zero-order valence-corrected chi connectivity index (χ0v) is 17.0. The molecule has 6 nitrogen and oxygen atoms in total. The minimum atomic E-state index is -0.319. The van der Waals surface area contributed by atoms with E-state index in [2.05, 4.69) is 10.6 Å². The van der Waals surface area contributed by atoms with E-state index in [9.17, 15) is 9.59 Å². The van der Waals surface area contributed by atoms with E-state index >= 15 is 0 Å². The first-order valence-electron chi connectivity index (χ1n) is 10.0. The van der Waals surface area contributed by atoms with Crippen LogP contribution in [-0.2, 0) is 0 Å². The van der Waals surface area contributed by atoms with Crippen LogP contribution in [0.2, 0.25) is 0 Å². The molecule has 0 bridgehead atoms. The highest BCUT2D eigenvalue weighted by atomic mass is 16.5. The topological polar surface area (TPSA) is 76.7 Å². The minimum Gasteiger partial charge on any atom is -0.497 e. The number of methoxy groups -OCH3 is 2. The van der Waals surface area contributed by atoms with Gasteiger partial charge in [-0.15, -0.1) is 0 Å². The molecule has 1 aliphatic carbocycles. The summed E-state index contributed by atoms with van der Waals surface area (Å²) in [6.07, 6.45) is 6.79. The molecule has 2 aromatic rings. The summed E-state index contributed by atoms with van der Waals surface area (Å²) >= 11 is 0. The van der Waals surface area contributed by atoms with E-state index in [0.717, 1.165) is 25.7 Å². The van der Waals surface area contributed by atoms with Crippen LogP contribution < -0.4 is 20.1 Å². The molecule has 2 amide bonds. The Morgan fingerprint density at radius 1 is 0.862 bits per heavy atom. The molecule has 0 aliphatic heterocycles. The fraction of sp³-hybridized carbons (Fsp3) is 0.391. The lowest BCUT2D eigenvalue weighted by molar-refractivity contribution is 0.0933. The lowest BCUT2D eigenvalue weighted by atomic mass is 10.1. The van der Waals surface area contributed by atoms with Gasteiger partial charge in [0.25, 0.3) is 11.8 Å². The third-order valence-electron chi connectivity index (χ3n) is 5.23. The predicted molar refractivity (Wildman–Crippen MR) is 113 cm³/mol. The molecule has 0 aromatic heterocycles. The van der Waals surface area contributed by atoms with E-state index in [0.29, 0.717) is 28.3 Å². The molecule has 0 spiro atoms. The summed E-state index contributed by atoms with van der Waals surface area (Å²) in [6, 6.07) is 12.1. The maximum Gasteiger partial charge on any atom is 0.255 e. The Labute approximate surface area is 171 Å². The number of nitrogens with one attached hydrogen (secondary N) is 2. The van der Waals surface area contributed by atoms with Gasteiger partial charge in [-0.05, 0) is 43.2 Å². The maximum absolute atomic E-state index is 12.8. The van der Waals surface area contributed by atoms with Crippen molar-refractivity contribution in [2.45, 2.75) is 44.6 Å². The Morgan fingerprint density at radius 3 is 2.21 bits per heavy atom. The normalized spacial score (nSPS) is 14.6. The summed E-state index contributed by atoms with van der Waals surface area (Å²) in [5, 5.41) is 5.95. The average molecular weight is 396 g/mol. The molecule has 0 unspecified atom stereocenters. The first-order valence-corrected chi connectivity index (χ1v) is 10.0. The molecule has 2 aromatic carbocycles. The summed E-state index contributed by atoms with van der Waals surface area (Å²) in [6.45, 7) is 0. The molecule has 0 saturated heterocycles. The van der Waals surface area contributed by atoms with Crippen molar-refractivity contribution in [3.05, 3.63) is 53.6 Å². The molecular formula is C23H28N2O4. The second kappa shape index (κ2) is 9.96. The number of carbonyl (C=O) groups excluding carboxylic acids is 2. The molecule has 3 rings (SSSR count). The molecule has 1 aliphatic rings. The van der Waals surface area contributed by atoms with Gasteiger partial charge in [-0.2, -0.15) is 0 Å². The highest BCUT2D eigenvalue weighted by Crippen LogP contribution is 2.29. The number of anilines is 1. The highest BCUT2D eigenvalue weighted by molar-refractivity contribution is 6.06. The van der Waals surface area contributed by atoms with Crippen molar-refractivity contribution in [2.75, 3.05) is 19.5 Å². The quantitative estimate of drug-likeness (QED) is 0.709. The van der Waals surface area contributed by atoms with Gasteiger partial charge in [-0.3, -0.25) is 9.59 Å². The highest BCUT2D eigenvalue weighted by Gasteiger charge is 2.17. The monoisotopic (exact) mass is 396 g/mol. The molecular weight excluding hydrogens is 368 g/mol. The number of hydrogen-bond acceptors (Lipinski definition) is 4. The van der Waals surface area contributed by atoms with Gasteiger partial charge >= 0.3 is 0 Å². The predicted octanol–water partition coefficient (Wildman–Crippen LogP) is 4.41. The van der Waals surface area contributed by atoms with E-state index in [4.69, 9.17) is 9.47 Å². The van der Waals surface area contributed by atoms with Gasteiger partial charge in [0.05, 0.1) is 19.9 Å². The Morgan fingerprint density at radius 2 is 1.55 bits per heavy atom. The van der Waals surface area contributed by atoms with E-state index < -0.39 is 0 Å². The zero-order valence-electron chi connectivity index (χ0n) is 17.0. The van der Waals surface area contributed by atoms with Crippen LogP contribution in [-0.4, -0.2) is 32.1 Å². The van der Waals surface area contributed by atoms with E-state index in [1.54, 1.807) is 49.6 Å². The maximum atomic E-state index is 12.8. The van der Waals surface area contributed by atoms with E-state index in [-0.39, 0.29) is 17.9 Å². The van der Waals surface area contributed by atoms with Crippen molar-refractivity contribution < 1.29 is 19.1 Å². The Bertz CT molecular complexity index is 858. The molecule has 0 radical (unpaired) electrons. The van der Waals surface area contributed by atoms with Crippen LogP contribution in [0.5, 0.6) is 11.5 Å². The van der Waals surface area contributed by atoms with Gasteiger partial charge in [0.1, 0.15) is 11.5 Å². The minimum absolute atomic E-state index is 0.134. The van der Waals surface area contributed by atoms with Gasteiger partial charge in [-0.25, -0.2) is 0 Å². The molecule has 1 fully saturated rings.